The standard InChI is InChI=1S/C22H21N3S/c1-14(2)16-7-9-17(10-8-16)19-12-26-22-20(19)21(23-13-24-22)25-18-6-4-5-15(3)11-18/h4-14H,1-3H3,(H,23,24,25). The summed E-state index contributed by atoms with van der Waals surface area (Å²) in [6.07, 6.45) is 1.63. The zero-order valence-corrected chi connectivity index (χ0v) is 16.0. The average Bonchev–Trinajstić information content (AvgIpc) is 3.07. The van der Waals surface area contributed by atoms with Gasteiger partial charge in [-0.15, -0.1) is 11.3 Å². The summed E-state index contributed by atoms with van der Waals surface area (Å²) in [6, 6.07) is 17.1. The number of nitrogens with one attached hydrogen (secondary N) is 1. The monoisotopic (exact) mass is 359 g/mol. The van der Waals surface area contributed by atoms with Gasteiger partial charge in [0.15, 0.2) is 0 Å². The maximum absolute atomic E-state index is 4.52. The number of anilines is 2. The Labute approximate surface area is 157 Å². The van der Waals surface area contributed by atoms with Gasteiger partial charge >= 0.3 is 0 Å². The molecule has 4 aromatic rings. The maximum Gasteiger partial charge on any atom is 0.143 e. The second-order valence-corrected chi connectivity index (χ2v) is 7.68. The van der Waals surface area contributed by atoms with Gasteiger partial charge in [-0.1, -0.05) is 50.2 Å². The average molecular weight is 359 g/mol. The van der Waals surface area contributed by atoms with Crippen LogP contribution >= 0.6 is 11.3 Å². The number of benzene rings is 2. The van der Waals surface area contributed by atoms with Crippen LogP contribution in [-0.2, 0) is 0 Å². The van der Waals surface area contributed by atoms with E-state index >= 15 is 0 Å². The fourth-order valence-corrected chi connectivity index (χ4v) is 4.01. The molecule has 0 unspecified atom stereocenters. The first-order valence-corrected chi connectivity index (χ1v) is 9.66. The van der Waals surface area contributed by atoms with Crippen molar-refractivity contribution in [2.75, 3.05) is 5.32 Å². The first-order chi connectivity index (χ1) is 12.6. The van der Waals surface area contributed by atoms with Crippen LogP contribution in [0.1, 0.15) is 30.9 Å². The Kier molecular flexibility index (Phi) is 4.43. The molecule has 2 aromatic heterocycles. The molecule has 0 fully saturated rings. The van der Waals surface area contributed by atoms with Crippen molar-refractivity contribution in [3.05, 3.63) is 71.4 Å². The van der Waals surface area contributed by atoms with Crippen LogP contribution in [0.15, 0.2) is 60.2 Å². The molecule has 0 spiro atoms. The molecule has 0 saturated heterocycles. The molecule has 0 aliphatic heterocycles. The number of aromatic nitrogens is 2. The van der Waals surface area contributed by atoms with Crippen molar-refractivity contribution >= 4 is 33.1 Å². The molecule has 0 aliphatic carbocycles. The Bertz CT molecular complexity index is 1050. The minimum Gasteiger partial charge on any atom is -0.340 e. The Morgan fingerprint density at radius 3 is 2.54 bits per heavy atom. The molecule has 3 nitrogen and oxygen atoms in total. The Morgan fingerprint density at radius 2 is 1.81 bits per heavy atom. The van der Waals surface area contributed by atoms with Crippen LogP contribution in [0.5, 0.6) is 0 Å². The maximum atomic E-state index is 4.52. The number of hydrogen-bond acceptors (Lipinski definition) is 4. The summed E-state index contributed by atoms with van der Waals surface area (Å²) in [7, 11) is 0. The normalized spacial score (nSPS) is 11.2. The number of hydrogen-bond donors (Lipinski definition) is 1. The quantitative estimate of drug-likeness (QED) is 0.450. The van der Waals surface area contributed by atoms with E-state index < -0.39 is 0 Å². The van der Waals surface area contributed by atoms with E-state index in [1.54, 1.807) is 17.7 Å². The van der Waals surface area contributed by atoms with Crippen molar-refractivity contribution in [1.82, 2.24) is 9.97 Å². The topological polar surface area (TPSA) is 37.8 Å². The van der Waals surface area contributed by atoms with Crippen molar-refractivity contribution in [3.63, 3.8) is 0 Å². The third-order valence-corrected chi connectivity index (χ3v) is 5.43. The van der Waals surface area contributed by atoms with E-state index in [4.69, 9.17) is 0 Å². The van der Waals surface area contributed by atoms with E-state index in [1.807, 2.05) is 0 Å². The molecule has 0 bridgehead atoms. The highest BCUT2D eigenvalue weighted by Gasteiger charge is 2.13. The van der Waals surface area contributed by atoms with Crippen LogP contribution in [0.2, 0.25) is 0 Å². The van der Waals surface area contributed by atoms with Gasteiger partial charge in [-0.3, -0.25) is 0 Å². The van der Waals surface area contributed by atoms with E-state index in [9.17, 15) is 0 Å². The second-order valence-electron chi connectivity index (χ2n) is 6.82. The number of rotatable bonds is 4. The molecule has 4 rings (SSSR count). The van der Waals surface area contributed by atoms with Crippen LogP contribution in [0.3, 0.4) is 0 Å². The summed E-state index contributed by atoms with van der Waals surface area (Å²) in [5.74, 6) is 1.38. The van der Waals surface area contributed by atoms with Crippen molar-refractivity contribution in [2.24, 2.45) is 0 Å². The smallest absolute Gasteiger partial charge is 0.143 e. The largest absolute Gasteiger partial charge is 0.340 e. The fourth-order valence-electron chi connectivity index (χ4n) is 3.09. The molecule has 0 aliphatic rings. The van der Waals surface area contributed by atoms with Crippen LogP contribution in [0.25, 0.3) is 21.3 Å². The summed E-state index contributed by atoms with van der Waals surface area (Å²) in [5, 5.41) is 6.72. The molecule has 2 heterocycles. The molecule has 130 valence electrons. The zero-order valence-electron chi connectivity index (χ0n) is 15.2. The van der Waals surface area contributed by atoms with Gasteiger partial charge in [-0.05, 0) is 41.7 Å². The summed E-state index contributed by atoms with van der Waals surface area (Å²) in [5.41, 5.74) is 5.98. The molecule has 0 amide bonds. The second kappa shape index (κ2) is 6.89. The summed E-state index contributed by atoms with van der Waals surface area (Å²) >= 11 is 1.66. The van der Waals surface area contributed by atoms with Crippen molar-refractivity contribution < 1.29 is 0 Å². The minimum atomic E-state index is 0.533. The SMILES string of the molecule is Cc1cccc(Nc2ncnc3scc(-c4ccc(C(C)C)cc4)c23)c1. The predicted molar refractivity (Wildman–Crippen MR) is 111 cm³/mol. The molecule has 0 radical (unpaired) electrons. The van der Waals surface area contributed by atoms with Gasteiger partial charge in [-0.2, -0.15) is 0 Å². The molecule has 26 heavy (non-hydrogen) atoms. The van der Waals surface area contributed by atoms with Gasteiger partial charge in [0.2, 0.25) is 0 Å². The number of thiophene rings is 1. The molecule has 4 heteroatoms. The third-order valence-electron chi connectivity index (χ3n) is 4.54. The Hall–Kier alpha value is -2.72. The van der Waals surface area contributed by atoms with Gasteiger partial charge in [0.1, 0.15) is 17.0 Å². The summed E-state index contributed by atoms with van der Waals surface area (Å²) in [4.78, 5) is 9.98. The Morgan fingerprint density at radius 1 is 1.00 bits per heavy atom. The van der Waals surface area contributed by atoms with Gasteiger partial charge in [0, 0.05) is 16.6 Å². The first kappa shape index (κ1) is 16.7. The van der Waals surface area contributed by atoms with E-state index in [2.05, 4.69) is 90.0 Å². The summed E-state index contributed by atoms with van der Waals surface area (Å²) < 4.78 is 0. The number of fused-ring (bicyclic) bond motifs is 1. The van der Waals surface area contributed by atoms with Gasteiger partial charge in [0.05, 0.1) is 5.39 Å². The third kappa shape index (κ3) is 3.20. The van der Waals surface area contributed by atoms with Gasteiger partial charge in [0.25, 0.3) is 0 Å². The summed E-state index contributed by atoms with van der Waals surface area (Å²) in [6.45, 7) is 6.52. The molecule has 1 N–H and O–H groups in total. The van der Waals surface area contributed by atoms with E-state index in [0.717, 1.165) is 21.7 Å². The highest BCUT2D eigenvalue weighted by molar-refractivity contribution is 7.17. The zero-order chi connectivity index (χ0) is 18.1. The van der Waals surface area contributed by atoms with Crippen LogP contribution in [0, 0.1) is 6.92 Å². The van der Waals surface area contributed by atoms with Crippen LogP contribution in [-0.4, -0.2) is 9.97 Å². The fraction of sp³-hybridized carbons (Fsp3) is 0.182. The minimum absolute atomic E-state index is 0.533. The van der Waals surface area contributed by atoms with Crippen molar-refractivity contribution in [3.8, 4) is 11.1 Å². The highest BCUT2D eigenvalue weighted by atomic mass is 32.1. The lowest BCUT2D eigenvalue weighted by Gasteiger charge is -2.10. The number of aryl methyl sites for hydroxylation is 1. The molecular weight excluding hydrogens is 338 g/mol. The van der Waals surface area contributed by atoms with Crippen LogP contribution < -0.4 is 5.32 Å². The lowest BCUT2D eigenvalue weighted by molar-refractivity contribution is 0.867. The highest BCUT2D eigenvalue weighted by Crippen LogP contribution is 2.37. The predicted octanol–water partition coefficient (Wildman–Crippen LogP) is 6.53. The Balaban J connectivity index is 1.79. The molecule has 2 aromatic carbocycles. The number of nitrogens with zero attached hydrogens (tertiary/aromatic N) is 2. The van der Waals surface area contributed by atoms with Gasteiger partial charge < -0.3 is 5.32 Å². The molecule has 0 saturated carbocycles. The van der Waals surface area contributed by atoms with Gasteiger partial charge in [-0.25, -0.2) is 9.97 Å². The lowest BCUT2D eigenvalue weighted by Crippen LogP contribution is -1.96. The van der Waals surface area contributed by atoms with E-state index in [0.29, 0.717) is 5.92 Å². The first-order valence-electron chi connectivity index (χ1n) is 8.78. The lowest BCUT2D eigenvalue weighted by atomic mass is 9.99. The molecule has 0 atom stereocenters. The van der Waals surface area contributed by atoms with E-state index in [1.165, 1.54) is 22.3 Å². The van der Waals surface area contributed by atoms with Crippen molar-refractivity contribution in [1.29, 1.82) is 0 Å². The van der Waals surface area contributed by atoms with Crippen LogP contribution in [0.4, 0.5) is 11.5 Å². The molecular formula is C22H21N3S. The van der Waals surface area contributed by atoms with Crippen molar-refractivity contribution in [2.45, 2.75) is 26.7 Å². The van der Waals surface area contributed by atoms with E-state index in [-0.39, 0.29) is 0 Å².